The van der Waals surface area contributed by atoms with Crippen molar-refractivity contribution in [2.45, 2.75) is 39.8 Å². The molecule has 5 heterocycles. The van der Waals surface area contributed by atoms with Crippen LogP contribution < -0.4 is 15.5 Å². The summed E-state index contributed by atoms with van der Waals surface area (Å²) in [6, 6.07) is 3.84. The topological polar surface area (TPSA) is 87.5 Å². The van der Waals surface area contributed by atoms with Crippen molar-refractivity contribution in [2.75, 3.05) is 23.3 Å². The lowest BCUT2D eigenvalue weighted by Crippen LogP contribution is -2.54. The van der Waals surface area contributed by atoms with E-state index >= 15 is 0 Å². The molecule has 4 aromatic rings. The number of rotatable bonds is 3. The monoisotopic (exact) mass is 447 g/mol. The third kappa shape index (κ3) is 3.89. The molecule has 2 N–H and O–H groups in total. The number of carbonyl (C=O) groups excluding carboxylic acids is 1. The lowest BCUT2D eigenvalue weighted by molar-refractivity contribution is 0.102. The van der Waals surface area contributed by atoms with Crippen LogP contribution in [0.1, 0.15) is 35.5 Å². The summed E-state index contributed by atoms with van der Waals surface area (Å²) < 4.78 is 16.0. The maximum Gasteiger partial charge on any atom is 0.259 e. The molecule has 0 saturated carbocycles. The summed E-state index contributed by atoms with van der Waals surface area (Å²) in [5.41, 5.74) is 3.17. The normalized spacial score (nSPS) is 18.8. The van der Waals surface area contributed by atoms with Gasteiger partial charge in [0, 0.05) is 61.4 Å². The van der Waals surface area contributed by atoms with E-state index in [0.717, 1.165) is 29.9 Å². The summed E-state index contributed by atoms with van der Waals surface area (Å²) in [5, 5.41) is 7.18. The smallest absolute Gasteiger partial charge is 0.259 e. The van der Waals surface area contributed by atoms with Crippen molar-refractivity contribution in [1.82, 2.24) is 24.7 Å². The molecule has 2 atom stereocenters. The first-order chi connectivity index (χ1) is 15.8. The van der Waals surface area contributed by atoms with Crippen molar-refractivity contribution in [3.63, 3.8) is 0 Å². The number of aryl methyl sites for hydroxylation is 2. The molecule has 1 fully saturated rings. The van der Waals surface area contributed by atoms with Crippen molar-refractivity contribution in [2.24, 2.45) is 0 Å². The number of halogens is 1. The average molecular weight is 448 g/mol. The first-order valence-corrected chi connectivity index (χ1v) is 11.0. The molecule has 1 aliphatic heterocycles. The summed E-state index contributed by atoms with van der Waals surface area (Å²) >= 11 is 0. The number of hydrogen-bond donors (Lipinski definition) is 2. The number of carbonyl (C=O) groups is 1. The van der Waals surface area contributed by atoms with Gasteiger partial charge >= 0.3 is 0 Å². The molecular formula is C24H26FN7O. The molecule has 1 aliphatic rings. The lowest BCUT2D eigenvalue weighted by Gasteiger charge is -2.37. The summed E-state index contributed by atoms with van der Waals surface area (Å²) in [6.07, 6.45) is 6.61. The molecule has 1 saturated heterocycles. The summed E-state index contributed by atoms with van der Waals surface area (Å²) in [5.74, 6) is -0.0707. The number of fused-ring (bicyclic) bond motifs is 2. The van der Waals surface area contributed by atoms with Crippen LogP contribution in [0.15, 0.2) is 36.9 Å². The maximum atomic E-state index is 14.5. The van der Waals surface area contributed by atoms with Gasteiger partial charge in [-0.15, -0.1) is 0 Å². The van der Waals surface area contributed by atoms with Crippen molar-refractivity contribution in [3.05, 3.63) is 59.6 Å². The van der Waals surface area contributed by atoms with Crippen molar-refractivity contribution < 1.29 is 9.18 Å². The third-order valence-electron chi connectivity index (χ3n) is 5.94. The summed E-state index contributed by atoms with van der Waals surface area (Å²) in [4.78, 5) is 28.9. The maximum absolute atomic E-state index is 14.5. The van der Waals surface area contributed by atoms with Crippen LogP contribution in [0.4, 0.5) is 15.9 Å². The van der Waals surface area contributed by atoms with E-state index in [1.54, 1.807) is 36.1 Å². The molecule has 8 nitrogen and oxygen atoms in total. The molecule has 0 aromatic carbocycles. The number of anilines is 2. The second-order valence-corrected chi connectivity index (χ2v) is 8.86. The molecule has 0 radical (unpaired) electrons. The third-order valence-corrected chi connectivity index (χ3v) is 5.94. The van der Waals surface area contributed by atoms with Gasteiger partial charge < -0.3 is 19.9 Å². The minimum atomic E-state index is -0.504. The Morgan fingerprint density at radius 1 is 1.18 bits per heavy atom. The van der Waals surface area contributed by atoms with E-state index in [1.165, 1.54) is 6.07 Å². The molecule has 33 heavy (non-hydrogen) atoms. The zero-order valence-electron chi connectivity index (χ0n) is 19.1. The molecule has 170 valence electrons. The number of amides is 1. The largest absolute Gasteiger partial charge is 0.353 e. The molecular weight excluding hydrogens is 421 g/mol. The fourth-order valence-electron chi connectivity index (χ4n) is 4.65. The highest BCUT2D eigenvalue weighted by Crippen LogP contribution is 2.30. The number of pyridine rings is 3. The van der Waals surface area contributed by atoms with Gasteiger partial charge in [0.05, 0.1) is 22.5 Å². The number of aromatic nitrogens is 4. The van der Waals surface area contributed by atoms with Gasteiger partial charge in [-0.1, -0.05) is 0 Å². The Hall–Kier alpha value is -3.59. The van der Waals surface area contributed by atoms with Crippen LogP contribution >= 0.6 is 0 Å². The van der Waals surface area contributed by atoms with Crippen molar-refractivity contribution in [3.8, 4) is 0 Å². The zero-order valence-corrected chi connectivity index (χ0v) is 19.1. The number of hydrogen-bond acceptors (Lipinski definition) is 6. The number of imidazole rings is 1. The quantitative estimate of drug-likeness (QED) is 0.500. The van der Waals surface area contributed by atoms with Gasteiger partial charge in [0.1, 0.15) is 5.82 Å². The second kappa shape index (κ2) is 8.08. The minimum Gasteiger partial charge on any atom is -0.353 e. The summed E-state index contributed by atoms with van der Waals surface area (Å²) in [6.45, 7) is 9.71. The Bertz CT molecular complexity index is 1370. The minimum absolute atomic E-state index is 0.221. The van der Waals surface area contributed by atoms with E-state index in [1.807, 2.05) is 13.0 Å². The van der Waals surface area contributed by atoms with Crippen molar-refractivity contribution in [1.29, 1.82) is 0 Å². The van der Waals surface area contributed by atoms with E-state index < -0.39 is 11.7 Å². The molecule has 0 unspecified atom stereocenters. The predicted octanol–water partition coefficient (Wildman–Crippen LogP) is 3.47. The molecule has 0 spiro atoms. The van der Waals surface area contributed by atoms with Crippen LogP contribution in [-0.4, -0.2) is 50.4 Å². The van der Waals surface area contributed by atoms with E-state index in [0.29, 0.717) is 34.5 Å². The lowest BCUT2D eigenvalue weighted by atomic mass is 10.1. The number of piperazine rings is 1. The highest BCUT2D eigenvalue weighted by atomic mass is 19.1. The standard InChI is InChI=1S/C24H26FN7O/c1-13-5-6-26-21-18(8-27-23(20(13)21)31-9-14(2)28-15(3)10-31)24(33)30-17-7-19(25)22-29-16(4)11-32(22)12-17/h5-8,11-12,14-15,28H,9-10H2,1-4H3,(H,30,33)/t14-,15-/m0/s1. The van der Waals surface area contributed by atoms with Gasteiger partial charge in [0.2, 0.25) is 0 Å². The van der Waals surface area contributed by atoms with Gasteiger partial charge in [-0.05, 0) is 39.3 Å². The first kappa shape index (κ1) is 21.3. The van der Waals surface area contributed by atoms with Crippen LogP contribution in [0.2, 0.25) is 0 Å². The fourth-order valence-corrected chi connectivity index (χ4v) is 4.65. The summed E-state index contributed by atoms with van der Waals surface area (Å²) in [7, 11) is 0. The highest BCUT2D eigenvalue weighted by molar-refractivity contribution is 6.13. The zero-order chi connectivity index (χ0) is 23.3. The second-order valence-electron chi connectivity index (χ2n) is 8.86. The van der Waals surface area contributed by atoms with E-state index in [-0.39, 0.29) is 5.65 Å². The first-order valence-electron chi connectivity index (χ1n) is 11.0. The Labute approximate surface area is 190 Å². The molecule has 0 aliphatic carbocycles. The van der Waals surface area contributed by atoms with Crippen LogP contribution in [0.3, 0.4) is 0 Å². The van der Waals surface area contributed by atoms with E-state index in [9.17, 15) is 9.18 Å². The van der Waals surface area contributed by atoms with Gasteiger partial charge in [-0.2, -0.15) is 0 Å². The Morgan fingerprint density at radius 3 is 2.70 bits per heavy atom. The Kier molecular flexibility index (Phi) is 5.20. The van der Waals surface area contributed by atoms with Gasteiger partial charge in [-0.3, -0.25) is 9.78 Å². The van der Waals surface area contributed by atoms with Gasteiger partial charge in [-0.25, -0.2) is 14.4 Å². The van der Waals surface area contributed by atoms with E-state index in [4.69, 9.17) is 4.98 Å². The van der Waals surface area contributed by atoms with Crippen LogP contribution in [0.25, 0.3) is 16.6 Å². The van der Waals surface area contributed by atoms with Crippen LogP contribution in [-0.2, 0) is 0 Å². The molecule has 4 aromatic heterocycles. The van der Waals surface area contributed by atoms with E-state index in [2.05, 4.69) is 39.3 Å². The van der Waals surface area contributed by atoms with Crippen LogP contribution in [0, 0.1) is 19.7 Å². The van der Waals surface area contributed by atoms with Crippen molar-refractivity contribution >= 4 is 34.0 Å². The number of nitrogens with zero attached hydrogens (tertiary/aromatic N) is 5. The SMILES string of the molecule is Cc1cn2cc(NC(=O)c3cnc(N4C[C@H](C)N[C@@H](C)C4)c4c(C)ccnc34)cc(F)c2n1. The average Bonchev–Trinajstić information content (AvgIpc) is 3.13. The fraction of sp³-hybridized carbons (Fsp3) is 0.333. The van der Waals surface area contributed by atoms with Gasteiger partial charge in [0.15, 0.2) is 11.5 Å². The molecule has 5 rings (SSSR count). The molecule has 1 amide bonds. The molecule has 0 bridgehead atoms. The highest BCUT2D eigenvalue weighted by Gasteiger charge is 2.26. The molecule has 9 heteroatoms. The Morgan fingerprint density at radius 2 is 1.94 bits per heavy atom. The number of nitrogens with one attached hydrogen (secondary N) is 2. The van der Waals surface area contributed by atoms with Crippen LogP contribution in [0.5, 0.6) is 0 Å². The van der Waals surface area contributed by atoms with Gasteiger partial charge in [0.25, 0.3) is 5.91 Å². The predicted molar refractivity (Wildman–Crippen MR) is 126 cm³/mol. The Balaban J connectivity index is 1.54.